The van der Waals surface area contributed by atoms with Crippen LogP contribution in [0.15, 0.2) is 39.3 Å². The van der Waals surface area contributed by atoms with Gasteiger partial charge in [-0.05, 0) is 57.4 Å². The molecule has 2 aromatic rings. The van der Waals surface area contributed by atoms with E-state index < -0.39 is 0 Å². The van der Waals surface area contributed by atoms with Crippen molar-refractivity contribution in [3.05, 3.63) is 40.6 Å². The van der Waals surface area contributed by atoms with Crippen LogP contribution in [0, 0.1) is 6.92 Å². The normalized spacial score (nSPS) is 19.9. The summed E-state index contributed by atoms with van der Waals surface area (Å²) in [6.45, 7) is 5.54. The number of benzene rings is 1. The Morgan fingerprint density at radius 1 is 1.29 bits per heavy atom. The molecule has 1 aliphatic heterocycles. The third kappa shape index (κ3) is 2.60. The summed E-state index contributed by atoms with van der Waals surface area (Å²) in [5.74, 6) is 2.82. The summed E-state index contributed by atoms with van der Waals surface area (Å²) in [6, 6.07) is 8.05. The van der Waals surface area contributed by atoms with E-state index in [1.54, 1.807) is 0 Å². The molecule has 2 aliphatic rings. The van der Waals surface area contributed by atoms with Gasteiger partial charge in [0.15, 0.2) is 0 Å². The first-order valence-corrected chi connectivity index (χ1v) is 9.53. The summed E-state index contributed by atoms with van der Waals surface area (Å²) in [5.41, 5.74) is 8.51. The predicted octanol–water partition coefficient (Wildman–Crippen LogP) is 4.24. The van der Waals surface area contributed by atoms with Crippen molar-refractivity contribution >= 4 is 22.7 Å². The Kier molecular flexibility index (Phi) is 4.01. The van der Waals surface area contributed by atoms with E-state index in [0.717, 1.165) is 34.9 Å². The Balaban J connectivity index is 1.47. The molecule has 4 nitrogen and oxygen atoms in total. The van der Waals surface area contributed by atoms with Gasteiger partial charge in [0.2, 0.25) is 0 Å². The molecule has 1 aromatic carbocycles. The second-order valence-corrected chi connectivity index (χ2v) is 7.88. The van der Waals surface area contributed by atoms with Gasteiger partial charge in [0.05, 0.1) is 11.4 Å². The van der Waals surface area contributed by atoms with Crippen molar-refractivity contribution in [1.29, 1.82) is 0 Å². The minimum absolute atomic E-state index is 0.200. The molecule has 1 fully saturated rings. The van der Waals surface area contributed by atoms with E-state index in [2.05, 4.69) is 11.8 Å². The molecule has 2 N–H and O–H groups in total. The van der Waals surface area contributed by atoms with E-state index in [4.69, 9.17) is 14.9 Å². The summed E-state index contributed by atoms with van der Waals surface area (Å²) >= 11 is 1.88. The number of nitrogens with zero attached hydrogens (tertiary/aromatic N) is 1. The second kappa shape index (κ2) is 6.05. The minimum Gasteiger partial charge on any atom is -0.488 e. The standard InChI is InChI=1S/C19H24N2O2S/c1-13-8-15-9-16(4-5-17(15)23-13)22-10-18-14(2)21(12-24-18)19(11-20)6-3-7-19/h4-5,8-9H,3,6-7,10-12,20H2,1-2H3. The summed E-state index contributed by atoms with van der Waals surface area (Å²) in [4.78, 5) is 3.82. The van der Waals surface area contributed by atoms with E-state index in [1.807, 2.05) is 43.0 Å². The maximum atomic E-state index is 6.06. The molecule has 0 radical (unpaired) electrons. The van der Waals surface area contributed by atoms with E-state index in [0.29, 0.717) is 6.61 Å². The number of furan rings is 1. The molecule has 1 saturated carbocycles. The van der Waals surface area contributed by atoms with Crippen molar-refractivity contribution in [3.63, 3.8) is 0 Å². The van der Waals surface area contributed by atoms with E-state index in [1.165, 1.54) is 29.9 Å². The highest BCUT2D eigenvalue weighted by molar-refractivity contribution is 8.03. The zero-order valence-corrected chi connectivity index (χ0v) is 15.1. The monoisotopic (exact) mass is 344 g/mol. The fraction of sp³-hybridized carbons (Fsp3) is 0.474. The fourth-order valence-corrected chi connectivity index (χ4v) is 4.91. The molecule has 24 heavy (non-hydrogen) atoms. The maximum Gasteiger partial charge on any atom is 0.134 e. The lowest BCUT2D eigenvalue weighted by atomic mass is 9.75. The summed E-state index contributed by atoms with van der Waals surface area (Å²) in [6.07, 6.45) is 3.72. The van der Waals surface area contributed by atoms with Crippen LogP contribution in [0.2, 0.25) is 0 Å². The number of aryl methyl sites for hydroxylation is 1. The van der Waals surface area contributed by atoms with Gasteiger partial charge >= 0.3 is 0 Å². The Bertz CT molecular complexity index is 786. The Morgan fingerprint density at radius 3 is 2.83 bits per heavy atom. The van der Waals surface area contributed by atoms with Crippen molar-refractivity contribution in [2.45, 2.75) is 38.6 Å². The second-order valence-electron chi connectivity index (χ2n) is 6.84. The number of ether oxygens (including phenoxy) is 1. The summed E-state index contributed by atoms with van der Waals surface area (Å²) < 4.78 is 11.7. The van der Waals surface area contributed by atoms with E-state index in [9.17, 15) is 0 Å². The first-order chi connectivity index (χ1) is 11.6. The van der Waals surface area contributed by atoms with Crippen molar-refractivity contribution < 1.29 is 9.15 Å². The number of fused-ring (bicyclic) bond motifs is 1. The lowest BCUT2D eigenvalue weighted by Crippen LogP contribution is -2.56. The average Bonchev–Trinajstić information content (AvgIpc) is 3.07. The van der Waals surface area contributed by atoms with Gasteiger partial charge in [-0.25, -0.2) is 0 Å². The number of nitrogens with two attached hydrogens (primary N) is 1. The Hall–Kier alpha value is -1.59. The van der Waals surface area contributed by atoms with Crippen LogP contribution in [-0.4, -0.2) is 29.5 Å². The van der Waals surface area contributed by atoms with E-state index >= 15 is 0 Å². The van der Waals surface area contributed by atoms with Crippen LogP contribution in [0.3, 0.4) is 0 Å². The van der Waals surface area contributed by atoms with Crippen LogP contribution in [-0.2, 0) is 0 Å². The van der Waals surface area contributed by atoms with Crippen LogP contribution < -0.4 is 10.5 Å². The smallest absolute Gasteiger partial charge is 0.134 e. The van der Waals surface area contributed by atoms with Crippen LogP contribution in [0.1, 0.15) is 31.9 Å². The molecule has 0 bridgehead atoms. The molecule has 1 aromatic heterocycles. The number of thioether (sulfide) groups is 1. The largest absolute Gasteiger partial charge is 0.488 e. The fourth-order valence-electron chi connectivity index (χ4n) is 3.70. The van der Waals surface area contributed by atoms with Gasteiger partial charge < -0.3 is 19.8 Å². The van der Waals surface area contributed by atoms with Gasteiger partial charge in [-0.3, -0.25) is 0 Å². The van der Waals surface area contributed by atoms with Gasteiger partial charge in [-0.2, -0.15) is 0 Å². The zero-order valence-electron chi connectivity index (χ0n) is 14.3. The molecule has 2 heterocycles. The number of hydrogen-bond donors (Lipinski definition) is 1. The highest BCUT2D eigenvalue weighted by atomic mass is 32.2. The van der Waals surface area contributed by atoms with Crippen molar-refractivity contribution in [3.8, 4) is 5.75 Å². The third-order valence-corrected chi connectivity index (χ3v) is 6.54. The first kappa shape index (κ1) is 15.9. The molecular formula is C19H24N2O2S. The first-order valence-electron chi connectivity index (χ1n) is 8.55. The van der Waals surface area contributed by atoms with Gasteiger partial charge in [0, 0.05) is 22.5 Å². The lowest BCUT2D eigenvalue weighted by Gasteiger charge is -2.49. The van der Waals surface area contributed by atoms with Gasteiger partial charge in [-0.1, -0.05) is 0 Å². The van der Waals surface area contributed by atoms with Crippen LogP contribution in [0.4, 0.5) is 0 Å². The summed E-state index contributed by atoms with van der Waals surface area (Å²) in [7, 11) is 0. The molecule has 0 amide bonds. The SMILES string of the molecule is CC1=C(COc2ccc3oc(C)cc3c2)SCN1C1(CN)CCC1. The average molecular weight is 344 g/mol. The number of hydrogen-bond acceptors (Lipinski definition) is 5. The highest BCUT2D eigenvalue weighted by Crippen LogP contribution is 2.45. The van der Waals surface area contributed by atoms with E-state index in [-0.39, 0.29) is 5.54 Å². The van der Waals surface area contributed by atoms with Crippen molar-refractivity contribution in [1.82, 2.24) is 4.90 Å². The highest BCUT2D eigenvalue weighted by Gasteiger charge is 2.43. The molecule has 128 valence electrons. The molecular weight excluding hydrogens is 320 g/mol. The quantitative estimate of drug-likeness (QED) is 0.879. The van der Waals surface area contributed by atoms with Crippen LogP contribution in [0.25, 0.3) is 11.0 Å². The molecule has 0 unspecified atom stereocenters. The predicted molar refractivity (Wildman–Crippen MR) is 99.1 cm³/mol. The van der Waals surface area contributed by atoms with Gasteiger partial charge in [0.25, 0.3) is 0 Å². The molecule has 0 atom stereocenters. The third-order valence-electron chi connectivity index (χ3n) is 5.39. The van der Waals surface area contributed by atoms with Crippen molar-refractivity contribution in [2.24, 2.45) is 5.73 Å². The lowest BCUT2D eigenvalue weighted by molar-refractivity contribution is 0.0723. The molecule has 0 saturated heterocycles. The summed E-state index contributed by atoms with van der Waals surface area (Å²) in [5, 5.41) is 1.09. The Morgan fingerprint density at radius 2 is 2.12 bits per heavy atom. The zero-order chi connectivity index (χ0) is 16.7. The molecule has 0 spiro atoms. The maximum absolute atomic E-state index is 6.06. The van der Waals surface area contributed by atoms with Gasteiger partial charge in [0.1, 0.15) is 23.7 Å². The molecule has 5 heteroatoms. The Labute approximate surface area is 147 Å². The minimum atomic E-state index is 0.200. The van der Waals surface area contributed by atoms with Crippen LogP contribution >= 0.6 is 11.8 Å². The number of rotatable bonds is 5. The van der Waals surface area contributed by atoms with Crippen molar-refractivity contribution in [2.75, 3.05) is 19.0 Å². The number of allylic oxidation sites excluding steroid dienone is 1. The molecule has 4 rings (SSSR count). The topological polar surface area (TPSA) is 51.6 Å². The van der Waals surface area contributed by atoms with Crippen LogP contribution in [0.5, 0.6) is 5.75 Å². The van der Waals surface area contributed by atoms with Gasteiger partial charge in [-0.15, -0.1) is 11.8 Å². The molecule has 1 aliphatic carbocycles.